The molecule has 0 bridgehead atoms. The first-order chi connectivity index (χ1) is 6.86. The van der Waals surface area contributed by atoms with Crippen LogP contribution in [-0.4, -0.2) is 10.8 Å². The molecule has 1 aromatic rings. The van der Waals surface area contributed by atoms with E-state index in [0.717, 1.165) is 37.0 Å². The maximum absolute atomic E-state index is 11.7. The summed E-state index contributed by atoms with van der Waals surface area (Å²) in [5, 5.41) is 0. The molecule has 1 aromatic heterocycles. The molecule has 1 fully saturated rings. The summed E-state index contributed by atoms with van der Waals surface area (Å²) in [6.07, 6.45) is 8.94. The highest BCUT2D eigenvalue weighted by atomic mass is 16.1. The molecule has 1 aliphatic rings. The predicted molar refractivity (Wildman–Crippen MR) is 56.9 cm³/mol. The smallest absolute Gasteiger partial charge is 0.158 e. The zero-order valence-electron chi connectivity index (χ0n) is 8.25. The molecule has 0 atom stereocenters. The average molecular weight is 189 g/mol. The van der Waals surface area contributed by atoms with Crippen LogP contribution in [0.2, 0.25) is 0 Å². The minimum absolute atomic E-state index is 0.331. The molecule has 0 amide bonds. The van der Waals surface area contributed by atoms with Gasteiger partial charge in [0, 0.05) is 18.3 Å². The molecule has 0 saturated heterocycles. The van der Waals surface area contributed by atoms with E-state index in [1.807, 2.05) is 24.4 Å². The van der Waals surface area contributed by atoms with Gasteiger partial charge in [-0.2, -0.15) is 0 Å². The average Bonchev–Trinajstić information content (AvgIpc) is 2.60. The van der Waals surface area contributed by atoms with Crippen molar-refractivity contribution in [2.75, 3.05) is 0 Å². The van der Waals surface area contributed by atoms with E-state index in [-0.39, 0.29) is 0 Å². The second kappa shape index (κ2) is 4.27. The van der Waals surface area contributed by atoms with Gasteiger partial charge in [-0.1, -0.05) is 6.42 Å². The van der Waals surface area contributed by atoms with E-state index in [1.165, 1.54) is 6.42 Å². The zero-order chi connectivity index (χ0) is 9.80. The van der Waals surface area contributed by atoms with Gasteiger partial charge in [-0.3, -0.25) is 4.79 Å². The number of hydrogen-bond donors (Lipinski definition) is 1. The van der Waals surface area contributed by atoms with Crippen LogP contribution in [0.5, 0.6) is 0 Å². The Morgan fingerprint density at radius 2 is 2.07 bits per heavy atom. The molecular weight excluding hydrogens is 174 g/mol. The van der Waals surface area contributed by atoms with Crippen molar-refractivity contribution in [2.45, 2.75) is 32.1 Å². The number of hydrogen-bond acceptors (Lipinski definition) is 1. The fourth-order valence-corrected chi connectivity index (χ4v) is 1.85. The SMILES string of the molecule is O=C1CCCCC/C1=C\c1ccc[nH]1. The standard InChI is InChI=1S/C12H15NO/c14-12-7-3-1-2-5-10(12)9-11-6-4-8-13-11/h4,6,8-9,13H,1-3,5,7H2/b10-9+. The number of nitrogens with one attached hydrogen (secondary N) is 1. The lowest BCUT2D eigenvalue weighted by atomic mass is 10.1. The van der Waals surface area contributed by atoms with Crippen molar-refractivity contribution < 1.29 is 4.79 Å². The van der Waals surface area contributed by atoms with Crippen LogP contribution in [0.15, 0.2) is 23.9 Å². The Morgan fingerprint density at radius 3 is 2.86 bits per heavy atom. The molecular formula is C12H15NO. The van der Waals surface area contributed by atoms with Crippen LogP contribution >= 0.6 is 0 Å². The summed E-state index contributed by atoms with van der Waals surface area (Å²) in [7, 11) is 0. The monoisotopic (exact) mass is 189 g/mol. The Bertz CT molecular complexity index is 335. The van der Waals surface area contributed by atoms with E-state index in [0.29, 0.717) is 5.78 Å². The Morgan fingerprint density at radius 1 is 1.21 bits per heavy atom. The first-order valence-electron chi connectivity index (χ1n) is 5.23. The van der Waals surface area contributed by atoms with Crippen LogP contribution in [0.3, 0.4) is 0 Å². The molecule has 0 radical (unpaired) electrons. The van der Waals surface area contributed by atoms with Crippen molar-refractivity contribution in [1.29, 1.82) is 0 Å². The molecule has 2 rings (SSSR count). The third kappa shape index (κ3) is 2.13. The molecule has 0 spiro atoms. The lowest BCUT2D eigenvalue weighted by Gasteiger charge is -1.99. The van der Waals surface area contributed by atoms with Gasteiger partial charge >= 0.3 is 0 Å². The molecule has 74 valence electrons. The van der Waals surface area contributed by atoms with Crippen LogP contribution in [-0.2, 0) is 4.79 Å². The largest absolute Gasteiger partial charge is 0.362 e. The lowest BCUT2D eigenvalue weighted by Crippen LogP contribution is -1.99. The predicted octanol–water partition coefficient (Wildman–Crippen LogP) is 2.93. The lowest BCUT2D eigenvalue weighted by molar-refractivity contribution is -0.115. The molecule has 14 heavy (non-hydrogen) atoms. The summed E-state index contributed by atoms with van der Waals surface area (Å²) in [5.74, 6) is 0.331. The summed E-state index contributed by atoms with van der Waals surface area (Å²) < 4.78 is 0. The number of allylic oxidation sites excluding steroid dienone is 1. The van der Waals surface area contributed by atoms with Gasteiger partial charge in [-0.05, 0) is 43.0 Å². The van der Waals surface area contributed by atoms with Crippen LogP contribution in [0.4, 0.5) is 0 Å². The highest BCUT2D eigenvalue weighted by Gasteiger charge is 2.12. The number of carbonyl (C=O) groups is 1. The molecule has 1 saturated carbocycles. The van der Waals surface area contributed by atoms with Crippen LogP contribution in [0, 0.1) is 0 Å². The van der Waals surface area contributed by atoms with Gasteiger partial charge < -0.3 is 4.98 Å². The number of aromatic amines is 1. The second-order valence-corrected chi connectivity index (χ2v) is 3.78. The Hall–Kier alpha value is -1.31. The van der Waals surface area contributed by atoms with Gasteiger partial charge in [0.15, 0.2) is 5.78 Å². The summed E-state index contributed by atoms with van der Waals surface area (Å²) in [4.78, 5) is 14.8. The van der Waals surface area contributed by atoms with E-state index < -0.39 is 0 Å². The molecule has 0 unspecified atom stereocenters. The summed E-state index contributed by atoms with van der Waals surface area (Å²) in [6, 6.07) is 3.94. The van der Waals surface area contributed by atoms with Crippen LogP contribution < -0.4 is 0 Å². The van der Waals surface area contributed by atoms with Crippen molar-refractivity contribution in [2.24, 2.45) is 0 Å². The number of rotatable bonds is 1. The van der Waals surface area contributed by atoms with E-state index in [2.05, 4.69) is 4.98 Å². The van der Waals surface area contributed by atoms with Crippen LogP contribution in [0.25, 0.3) is 6.08 Å². The zero-order valence-corrected chi connectivity index (χ0v) is 8.25. The van der Waals surface area contributed by atoms with Crippen molar-refractivity contribution in [3.8, 4) is 0 Å². The third-order valence-corrected chi connectivity index (χ3v) is 2.66. The summed E-state index contributed by atoms with van der Waals surface area (Å²) >= 11 is 0. The fraction of sp³-hybridized carbons (Fsp3) is 0.417. The Labute approximate surface area is 84.0 Å². The molecule has 1 aliphatic carbocycles. The number of carbonyl (C=O) groups excluding carboxylic acids is 1. The highest BCUT2D eigenvalue weighted by molar-refractivity contribution is 5.99. The first-order valence-corrected chi connectivity index (χ1v) is 5.23. The Kier molecular flexibility index (Phi) is 2.82. The van der Waals surface area contributed by atoms with E-state index >= 15 is 0 Å². The van der Waals surface area contributed by atoms with Gasteiger partial charge in [0.25, 0.3) is 0 Å². The number of H-pyrrole nitrogens is 1. The number of aromatic nitrogens is 1. The number of ketones is 1. The highest BCUT2D eigenvalue weighted by Crippen LogP contribution is 2.20. The van der Waals surface area contributed by atoms with Gasteiger partial charge in [0.05, 0.1) is 0 Å². The molecule has 1 N–H and O–H groups in total. The topological polar surface area (TPSA) is 32.9 Å². The molecule has 1 heterocycles. The van der Waals surface area contributed by atoms with Gasteiger partial charge in [-0.15, -0.1) is 0 Å². The number of Topliss-reactive ketones (excluding diaryl/α,β-unsaturated/α-hetero) is 1. The fourth-order valence-electron chi connectivity index (χ4n) is 1.85. The van der Waals surface area contributed by atoms with Gasteiger partial charge in [0.2, 0.25) is 0 Å². The molecule has 2 heteroatoms. The Balaban J connectivity index is 2.18. The van der Waals surface area contributed by atoms with E-state index in [9.17, 15) is 4.79 Å². The molecule has 2 nitrogen and oxygen atoms in total. The molecule has 0 aliphatic heterocycles. The minimum Gasteiger partial charge on any atom is -0.362 e. The minimum atomic E-state index is 0.331. The molecule has 0 aromatic carbocycles. The van der Waals surface area contributed by atoms with Crippen LogP contribution in [0.1, 0.15) is 37.8 Å². The van der Waals surface area contributed by atoms with Gasteiger partial charge in [-0.25, -0.2) is 0 Å². The summed E-state index contributed by atoms with van der Waals surface area (Å²) in [5.41, 5.74) is 2.03. The maximum Gasteiger partial charge on any atom is 0.158 e. The normalized spacial score (nSPS) is 21.1. The second-order valence-electron chi connectivity index (χ2n) is 3.78. The van der Waals surface area contributed by atoms with Gasteiger partial charge in [0.1, 0.15) is 0 Å². The van der Waals surface area contributed by atoms with E-state index in [4.69, 9.17) is 0 Å². The summed E-state index contributed by atoms with van der Waals surface area (Å²) in [6.45, 7) is 0. The maximum atomic E-state index is 11.7. The third-order valence-electron chi connectivity index (χ3n) is 2.66. The quantitative estimate of drug-likeness (QED) is 0.534. The van der Waals surface area contributed by atoms with Crippen molar-refractivity contribution in [3.63, 3.8) is 0 Å². The van der Waals surface area contributed by atoms with Crippen molar-refractivity contribution in [3.05, 3.63) is 29.6 Å². The van der Waals surface area contributed by atoms with E-state index in [1.54, 1.807) is 0 Å². The first kappa shape index (κ1) is 9.25. The van der Waals surface area contributed by atoms with Crippen molar-refractivity contribution >= 4 is 11.9 Å². The van der Waals surface area contributed by atoms with Crippen molar-refractivity contribution in [1.82, 2.24) is 4.98 Å².